The van der Waals surface area contributed by atoms with Crippen molar-refractivity contribution in [2.24, 2.45) is 0 Å². The SMILES string of the molecule is CC(=O)Nc1sc2c(c1C(=O)OCC(=O)NC(=O)c1ccccc1)CCCC2. The van der Waals surface area contributed by atoms with Gasteiger partial charge < -0.3 is 10.1 Å². The molecule has 28 heavy (non-hydrogen) atoms. The second-order valence-electron chi connectivity index (χ2n) is 6.42. The van der Waals surface area contributed by atoms with Crippen LogP contribution in [0.5, 0.6) is 0 Å². The van der Waals surface area contributed by atoms with Crippen LogP contribution in [0.3, 0.4) is 0 Å². The monoisotopic (exact) mass is 400 g/mol. The molecule has 1 aromatic carbocycles. The predicted molar refractivity (Wildman–Crippen MR) is 104 cm³/mol. The van der Waals surface area contributed by atoms with Crippen molar-refractivity contribution < 1.29 is 23.9 Å². The quantitative estimate of drug-likeness (QED) is 0.752. The molecular formula is C20H20N2O5S. The minimum atomic E-state index is -0.715. The Kier molecular flexibility index (Phi) is 6.20. The summed E-state index contributed by atoms with van der Waals surface area (Å²) in [6.07, 6.45) is 3.57. The molecule has 3 amide bonds. The van der Waals surface area contributed by atoms with Gasteiger partial charge >= 0.3 is 5.97 Å². The molecule has 2 N–H and O–H groups in total. The number of fused-ring (bicyclic) bond motifs is 1. The maximum Gasteiger partial charge on any atom is 0.341 e. The number of benzene rings is 1. The van der Waals surface area contributed by atoms with E-state index < -0.39 is 24.4 Å². The number of aryl methyl sites for hydroxylation is 1. The Hall–Kier alpha value is -3.00. The summed E-state index contributed by atoms with van der Waals surface area (Å²) in [5.74, 6) is -2.23. The van der Waals surface area contributed by atoms with Crippen LogP contribution in [0.4, 0.5) is 5.00 Å². The Balaban J connectivity index is 1.66. The largest absolute Gasteiger partial charge is 0.452 e. The molecule has 3 rings (SSSR count). The maximum atomic E-state index is 12.6. The lowest BCUT2D eigenvalue weighted by molar-refractivity contribution is -0.123. The highest BCUT2D eigenvalue weighted by molar-refractivity contribution is 7.17. The molecule has 1 heterocycles. The Morgan fingerprint density at radius 1 is 1.07 bits per heavy atom. The number of carbonyl (C=O) groups excluding carboxylic acids is 4. The van der Waals surface area contributed by atoms with Crippen LogP contribution in [0, 0.1) is 0 Å². The average molecular weight is 400 g/mol. The fraction of sp³-hybridized carbons (Fsp3) is 0.300. The van der Waals surface area contributed by atoms with Crippen molar-refractivity contribution in [1.29, 1.82) is 0 Å². The summed E-state index contributed by atoms with van der Waals surface area (Å²) >= 11 is 1.37. The molecule has 0 spiro atoms. The molecule has 1 aliphatic carbocycles. The van der Waals surface area contributed by atoms with Gasteiger partial charge in [0, 0.05) is 17.4 Å². The average Bonchev–Trinajstić information content (AvgIpc) is 3.04. The van der Waals surface area contributed by atoms with Gasteiger partial charge in [-0.15, -0.1) is 11.3 Å². The van der Waals surface area contributed by atoms with E-state index in [0.29, 0.717) is 16.1 Å². The minimum absolute atomic E-state index is 0.279. The molecule has 0 fully saturated rings. The standard InChI is InChI=1S/C20H20N2O5S/c1-12(23)21-19-17(14-9-5-6-10-15(14)28-19)20(26)27-11-16(24)22-18(25)13-7-3-2-4-8-13/h2-4,7-8H,5-6,9-11H2,1H3,(H,21,23)(H,22,24,25). The van der Waals surface area contributed by atoms with E-state index in [0.717, 1.165) is 36.1 Å². The molecule has 1 aliphatic rings. The predicted octanol–water partition coefficient (Wildman–Crippen LogP) is 2.70. The second-order valence-corrected chi connectivity index (χ2v) is 7.52. The Morgan fingerprint density at radius 3 is 2.50 bits per heavy atom. The Labute approximate surface area is 166 Å². The number of nitrogens with one attached hydrogen (secondary N) is 2. The third-order valence-corrected chi connectivity index (χ3v) is 5.50. The van der Waals surface area contributed by atoms with Crippen LogP contribution in [-0.4, -0.2) is 30.3 Å². The molecule has 1 aromatic heterocycles. The summed E-state index contributed by atoms with van der Waals surface area (Å²) in [6.45, 7) is 0.790. The van der Waals surface area contributed by atoms with Gasteiger partial charge in [0.25, 0.3) is 11.8 Å². The number of hydrogen-bond acceptors (Lipinski definition) is 6. The van der Waals surface area contributed by atoms with E-state index >= 15 is 0 Å². The van der Waals surface area contributed by atoms with Crippen molar-refractivity contribution in [2.45, 2.75) is 32.6 Å². The van der Waals surface area contributed by atoms with Gasteiger partial charge in [0.05, 0.1) is 5.56 Å². The topological polar surface area (TPSA) is 102 Å². The minimum Gasteiger partial charge on any atom is -0.452 e. The summed E-state index contributed by atoms with van der Waals surface area (Å²) in [4.78, 5) is 49.1. The Bertz CT molecular complexity index is 920. The number of esters is 1. The van der Waals surface area contributed by atoms with Crippen molar-refractivity contribution in [1.82, 2.24) is 5.32 Å². The lowest BCUT2D eigenvalue weighted by Gasteiger charge is -2.12. The molecule has 8 heteroatoms. The fourth-order valence-corrected chi connectivity index (χ4v) is 4.38. The molecule has 0 atom stereocenters. The van der Waals surface area contributed by atoms with Gasteiger partial charge in [-0.1, -0.05) is 18.2 Å². The number of amides is 3. The van der Waals surface area contributed by atoms with Gasteiger partial charge in [0.15, 0.2) is 6.61 Å². The maximum absolute atomic E-state index is 12.6. The molecule has 7 nitrogen and oxygen atoms in total. The molecule has 2 aromatic rings. The highest BCUT2D eigenvalue weighted by Gasteiger charge is 2.27. The Morgan fingerprint density at radius 2 is 1.79 bits per heavy atom. The molecular weight excluding hydrogens is 380 g/mol. The van der Waals surface area contributed by atoms with Gasteiger partial charge in [-0.3, -0.25) is 19.7 Å². The number of thiophene rings is 1. The van der Waals surface area contributed by atoms with Gasteiger partial charge in [0.2, 0.25) is 5.91 Å². The van der Waals surface area contributed by atoms with E-state index in [1.54, 1.807) is 30.3 Å². The summed E-state index contributed by atoms with van der Waals surface area (Å²) in [6, 6.07) is 8.28. The van der Waals surface area contributed by atoms with Crippen molar-refractivity contribution in [2.75, 3.05) is 11.9 Å². The molecule has 146 valence electrons. The van der Waals surface area contributed by atoms with E-state index in [4.69, 9.17) is 4.74 Å². The fourth-order valence-electron chi connectivity index (χ4n) is 3.06. The number of hydrogen-bond donors (Lipinski definition) is 2. The highest BCUT2D eigenvalue weighted by Crippen LogP contribution is 2.38. The first-order valence-electron chi connectivity index (χ1n) is 8.94. The number of anilines is 1. The number of imide groups is 1. The third kappa shape index (κ3) is 4.64. The van der Waals surface area contributed by atoms with Gasteiger partial charge in [-0.05, 0) is 43.4 Å². The smallest absolute Gasteiger partial charge is 0.341 e. The van der Waals surface area contributed by atoms with Crippen molar-refractivity contribution in [3.05, 3.63) is 51.9 Å². The van der Waals surface area contributed by atoms with Crippen molar-refractivity contribution in [3.8, 4) is 0 Å². The lowest BCUT2D eigenvalue weighted by Crippen LogP contribution is -2.34. The van der Waals surface area contributed by atoms with Crippen LogP contribution in [0.2, 0.25) is 0 Å². The lowest BCUT2D eigenvalue weighted by atomic mass is 9.95. The zero-order chi connectivity index (χ0) is 20.1. The highest BCUT2D eigenvalue weighted by atomic mass is 32.1. The van der Waals surface area contributed by atoms with Gasteiger partial charge in [-0.25, -0.2) is 4.79 Å². The van der Waals surface area contributed by atoms with Crippen LogP contribution in [0.1, 0.15) is 50.9 Å². The van der Waals surface area contributed by atoms with Crippen LogP contribution in [0.25, 0.3) is 0 Å². The third-order valence-electron chi connectivity index (χ3n) is 4.29. The first-order valence-corrected chi connectivity index (χ1v) is 9.76. The first kappa shape index (κ1) is 19.8. The summed E-state index contributed by atoms with van der Waals surface area (Å²) in [7, 11) is 0. The normalized spacial score (nSPS) is 12.6. The van der Waals surface area contributed by atoms with E-state index in [1.165, 1.54) is 18.3 Å². The molecule has 0 saturated carbocycles. The van der Waals surface area contributed by atoms with Crippen LogP contribution >= 0.6 is 11.3 Å². The van der Waals surface area contributed by atoms with E-state index in [9.17, 15) is 19.2 Å². The van der Waals surface area contributed by atoms with Crippen molar-refractivity contribution >= 4 is 40.0 Å². The van der Waals surface area contributed by atoms with E-state index in [1.807, 2.05) is 0 Å². The number of ether oxygens (including phenoxy) is 1. The summed E-state index contributed by atoms with van der Waals surface area (Å²) < 4.78 is 5.13. The summed E-state index contributed by atoms with van der Waals surface area (Å²) in [5, 5.41) is 5.31. The second kappa shape index (κ2) is 8.79. The van der Waals surface area contributed by atoms with Crippen LogP contribution in [-0.2, 0) is 27.2 Å². The summed E-state index contributed by atoms with van der Waals surface area (Å²) in [5.41, 5.74) is 1.53. The van der Waals surface area contributed by atoms with Crippen LogP contribution in [0.15, 0.2) is 30.3 Å². The molecule has 0 bridgehead atoms. The molecule has 0 aliphatic heterocycles. The number of carbonyl (C=O) groups is 4. The zero-order valence-electron chi connectivity index (χ0n) is 15.4. The van der Waals surface area contributed by atoms with Crippen LogP contribution < -0.4 is 10.6 Å². The molecule has 0 radical (unpaired) electrons. The molecule has 0 unspecified atom stereocenters. The molecule has 0 saturated heterocycles. The van der Waals surface area contributed by atoms with E-state index in [-0.39, 0.29) is 5.91 Å². The van der Waals surface area contributed by atoms with Gasteiger partial charge in [-0.2, -0.15) is 0 Å². The van der Waals surface area contributed by atoms with E-state index in [2.05, 4.69) is 10.6 Å². The number of rotatable bonds is 5. The van der Waals surface area contributed by atoms with Crippen molar-refractivity contribution in [3.63, 3.8) is 0 Å². The van der Waals surface area contributed by atoms with Gasteiger partial charge in [0.1, 0.15) is 5.00 Å². The zero-order valence-corrected chi connectivity index (χ0v) is 16.2. The first-order chi connectivity index (χ1) is 13.5.